The minimum Gasteiger partial charge on any atom is -0.497 e. The second kappa shape index (κ2) is 12.5. The molecule has 228 valence electrons. The second-order valence-corrected chi connectivity index (χ2v) is 13.1. The summed E-state index contributed by atoms with van der Waals surface area (Å²) in [5.41, 5.74) is 4.44. The maximum absolute atomic E-state index is 14.6. The third kappa shape index (κ3) is 6.09. The number of hydrogen-bond acceptors (Lipinski definition) is 5. The lowest BCUT2D eigenvalue weighted by atomic mass is 9.98. The molecule has 1 aliphatic heterocycles. The van der Waals surface area contributed by atoms with Crippen molar-refractivity contribution in [1.82, 2.24) is 0 Å². The lowest BCUT2D eigenvalue weighted by molar-refractivity contribution is 0.0968. The Balaban J connectivity index is 1.52. The molecule has 0 aromatic heterocycles. The Morgan fingerprint density at radius 2 is 1.56 bits per heavy atom. The molecule has 1 aliphatic rings. The predicted molar refractivity (Wildman–Crippen MR) is 180 cm³/mol. The van der Waals surface area contributed by atoms with E-state index in [1.54, 1.807) is 47.4 Å². The van der Waals surface area contributed by atoms with Gasteiger partial charge in [0, 0.05) is 23.5 Å². The van der Waals surface area contributed by atoms with E-state index in [1.165, 1.54) is 19.2 Å². The van der Waals surface area contributed by atoms with Gasteiger partial charge in [-0.15, -0.1) is 0 Å². The molecule has 1 N–H and O–H groups in total. The highest BCUT2D eigenvalue weighted by atomic mass is 35.5. The Labute approximate surface area is 272 Å². The minimum atomic E-state index is -4.05. The van der Waals surface area contributed by atoms with Gasteiger partial charge in [0.15, 0.2) is 0 Å². The summed E-state index contributed by atoms with van der Waals surface area (Å²) in [4.78, 5) is 18.2. The van der Waals surface area contributed by atoms with Gasteiger partial charge in [0.25, 0.3) is 15.9 Å². The van der Waals surface area contributed by atoms with E-state index in [2.05, 4.69) is 9.62 Å². The van der Waals surface area contributed by atoms with Crippen LogP contribution in [0.2, 0.25) is 10.0 Å². The number of nitrogens with one attached hydrogen (secondary N) is 1. The van der Waals surface area contributed by atoms with E-state index in [-0.39, 0.29) is 16.4 Å². The Bertz CT molecular complexity index is 1970. The van der Waals surface area contributed by atoms with Crippen LogP contribution in [0.15, 0.2) is 120 Å². The van der Waals surface area contributed by atoms with Crippen molar-refractivity contribution < 1.29 is 17.9 Å². The number of halogens is 2. The molecule has 0 bridgehead atoms. The van der Waals surface area contributed by atoms with Gasteiger partial charge < -0.3 is 9.64 Å². The third-order valence-corrected chi connectivity index (χ3v) is 9.90. The largest absolute Gasteiger partial charge is 0.497 e. The number of hydrogen-bond donors (Lipinski definition) is 1. The van der Waals surface area contributed by atoms with Gasteiger partial charge in [-0.2, -0.15) is 0 Å². The lowest BCUT2D eigenvalue weighted by Gasteiger charge is -2.46. The zero-order valence-corrected chi connectivity index (χ0v) is 26.8. The van der Waals surface area contributed by atoms with Crippen molar-refractivity contribution in [3.05, 3.63) is 148 Å². The monoisotopic (exact) mass is 657 g/mol. The fourth-order valence-electron chi connectivity index (χ4n) is 5.43. The van der Waals surface area contributed by atoms with Crippen LogP contribution in [0.25, 0.3) is 0 Å². The molecule has 0 saturated carbocycles. The number of nitrogens with zero attached hydrogens (tertiary/aromatic N) is 2. The average Bonchev–Trinajstić information content (AvgIpc) is 3.05. The van der Waals surface area contributed by atoms with Gasteiger partial charge in [0.2, 0.25) is 0 Å². The average molecular weight is 659 g/mol. The number of carbonyl (C=O) groups is 1. The summed E-state index contributed by atoms with van der Waals surface area (Å²) in [5, 5.41) is 0.695. The van der Waals surface area contributed by atoms with Crippen molar-refractivity contribution in [3.63, 3.8) is 0 Å². The van der Waals surface area contributed by atoms with Gasteiger partial charge >= 0.3 is 0 Å². The molecule has 1 atom stereocenters. The maximum atomic E-state index is 14.6. The number of sulfonamides is 1. The molecule has 0 spiro atoms. The first kappa shape index (κ1) is 30.5. The van der Waals surface area contributed by atoms with Crippen molar-refractivity contribution in [2.24, 2.45) is 0 Å². The first-order valence-corrected chi connectivity index (χ1v) is 16.4. The van der Waals surface area contributed by atoms with E-state index in [9.17, 15) is 13.2 Å². The van der Waals surface area contributed by atoms with Crippen molar-refractivity contribution >= 4 is 56.2 Å². The Hall–Kier alpha value is -4.50. The first-order chi connectivity index (χ1) is 21.7. The molecule has 10 heteroatoms. The number of amides is 1. The highest BCUT2D eigenvalue weighted by Gasteiger charge is 2.41. The number of methoxy groups -OCH3 is 1. The zero-order chi connectivity index (χ0) is 31.7. The van der Waals surface area contributed by atoms with Gasteiger partial charge in [-0.05, 0) is 73.2 Å². The number of benzene rings is 5. The van der Waals surface area contributed by atoms with Crippen LogP contribution in [-0.4, -0.2) is 21.4 Å². The van der Waals surface area contributed by atoms with E-state index in [0.29, 0.717) is 45.0 Å². The topological polar surface area (TPSA) is 78.9 Å². The lowest BCUT2D eigenvalue weighted by Crippen LogP contribution is -2.49. The summed E-state index contributed by atoms with van der Waals surface area (Å²) in [6.45, 7) is 2.37. The van der Waals surface area contributed by atoms with Crippen LogP contribution in [0.3, 0.4) is 0 Å². The Morgan fingerprint density at radius 1 is 0.844 bits per heavy atom. The van der Waals surface area contributed by atoms with Crippen LogP contribution in [0, 0.1) is 6.92 Å². The molecule has 6 rings (SSSR count). The molecule has 1 amide bonds. The summed E-state index contributed by atoms with van der Waals surface area (Å²) in [6, 6.07) is 34.0. The molecule has 45 heavy (non-hydrogen) atoms. The standard InChI is InChI=1S/C35H29Cl2N3O4S/c1-23-11-15-26(16-12-23)40-34(29-9-6-10-31(36)33(29)37)39(22-24-7-4-3-5-8-24)32-20-19-28(21-30(32)35(40)41)45(42,43)38-25-13-17-27(44-2)18-14-25/h3-21,34,38H,22H2,1-2H3/t34-/m0/s1. The number of carbonyl (C=O) groups excluding carboxylic acids is 1. The second-order valence-electron chi connectivity index (χ2n) is 10.7. The molecule has 0 saturated heterocycles. The molecule has 0 aliphatic carbocycles. The fourth-order valence-corrected chi connectivity index (χ4v) is 6.92. The minimum absolute atomic E-state index is 0.0480. The molecule has 0 unspecified atom stereocenters. The van der Waals surface area contributed by atoms with Crippen molar-refractivity contribution in [2.45, 2.75) is 24.5 Å². The SMILES string of the molecule is COc1ccc(NS(=O)(=O)c2ccc3c(c2)C(=O)N(c2ccc(C)cc2)[C@@H](c2cccc(Cl)c2Cl)N3Cc2ccccc2)cc1. The molecular weight excluding hydrogens is 629 g/mol. The number of aryl methyl sites for hydroxylation is 1. The van der Waals surface area contributed by atoms with Gasteiger partial charge in [0.05, 0.1) is 33.3 Å². The summed E-state index contributed by atoms with van der Waals surface area (Å²) in [5.74, 6) is 0.224. The number of anilines is 3. The van der Waals surface area contributed by atoms with Crippen molar-refractivity contribution in [1.29, 1.82) is 0 Å². The van der Waals surface area contributed by atoms with Crippen molar-refractivity contribution in [2.75, 3.05) is 21.6 Å². The van der Waals surface area contributed by atoms with Crippen LogP contribution in [0.4, 0.5) is 17.1 Å². The number of rotatable bonds is 8. The predicted octanol–water partition coefficient (Wildman–Crippen LogP) is 8.48. The summed E-state index contributed by atoms with van der Waals surface area (Å²) in [6.07, 6.45) is -0.695. The van der Waals surface area contributed by atoms with Crippen molar-refractivity contribution in [3.8, 4) is 5.75 Å². The van der Waals surface area contributed by atoms with Gasteiger partial charge in [-0.25, -0.2) is 8.42 Å². The van der Waals surface area contributed by atoms with Crippen LogP contribution >= 0.6 is 23.2 Å². The molecule has 1 heterocycles. The highest BCUT2D eigenvalue weighted by molar-refractivity contribution is 7.92. The summed E-state index contributed by atoms with van der Waals surface area (Å²) in [7, 11) is -2.51. The van der Waals surface area contributed by atoms with E-state index in [4.69, 9.17) is 27.9 Å². The quantitative estimate of drug-likeness (QED) is 0.181. The van der Waals surface area contributed by atoms with E-state index in [0.717, 1.165) is 11.1 Å². The summed E-state index contributed by atoms with van der Waals surface area (Å²) >= 11 is 13.3. The molecule has 0 fully saturated rings. The van der Waals surface area contributed by atoms with Gasteiger partial charge in [-0.3, -0.25) is 14.4 Å². The van der Waals surface area contributed by atoms with E-state index >= 15 is 0 Å². The molecule has 5 aromatic rings. The number of ether oxygens (including phenoxy) is 1. The molecule has 7 nitrogen and oxygen atoms in total. The zero-order valence-electron chi connectivity index (χ0n) is 24.4. The summed E-state index contributed by atoms with van der Waals surface area (Å²) < 4.78 is 34.9. The van der Waals surface area contributed by atoms with Gasteiger partial charge in [0.1, 0.15) is 11.9 Å². The Morgan fingerprint density at radius 3 is 2.24 bits per heavy atom. The van der Waals surface area contributed by atoms with E-state index < -0.39 is 16.2 Å². The Kier molecular flexibility index (Phi) is 8.46. The normalized spacial score (nSPS) is 14.7. The van der Waals surface area contributed by atoms with Gasteiger partial charge in [-0.1, -0.05) is 83.4 Å². The smallest absolute Gasteiger partial charge is 0.262 e. The fraction of sp³-hybridized carbons (Fsp3) is 0.114. The third-order valence-electron chi connectivity index (χ3n) is 7.69. The van der Waals surface area contributed by atoms with Crippen LogP contribution < -0.4 is 19.3 Å². The first-order valence-electron chi connectivity index (χ1n) is 14.1. The highest BCUT2D eigenvalue weighted by Crippen LogP contribution is 2.45. The number of fused-ring (bicyclic) bond motifs is 1. The van der Waals surface area contributed by atoms with Crippen LogP contribution in [0.1, 0.15) is 33.2 Å². The van der Waals surface area contributed by atoms with Crippen LogP contribution in [0.5, 0.6) is 5.75 Å². The maximum Gasteiger partial charge on any atom is 0.262 e. The molecule has 0 radical (unpaired) electrons. The molecule has 5 aromatic carbocycles. The molecular formula is C35H29Cl2N3O4S. The van der Waals surface area contributed by atoms with Crippen LogP contribution in [-0.2, 0) is 16.6 Å². The van der Waals surface area contributed by atoms with E-state index in [1.807, 2.05) is 67.6 Å².